The second-order valence-electron chi connectivity index (χ2n) is 9.08. The summed E-state index contributed by atoms with van der Waals surface area (Å²) in [6, 6.07) is 9.89. The lowest BCUT2D eigenvalue weighted by molar-refractivity contribution is -0.118. The van der Waals surface area contributed by atoms with E-state index in [1.54, 1.807) is 0 Å². The SMILES string of the molecule is CCNC(=O)c1ccc(N2CCN(Cc3cnc4c(c3)NC(=O)[C@@H]3CCCCN43)CC2)cc1. The van der Waals surface area contributed by atoms with Crippen LogP contribution in [0.2, 0.25) is 0 Å². The quantitative estimate of drug-likeness (QED) is 0.732. The molecule has 0 unspecified atom stereocenters. The monoisotopic (exact) mass is 448 g/mol. The Morgan fingerprint density at radius 3 is 2.67 bits per heavy atom. The summed E-state index contributed by atoms with van der Waals surface area (Å²) in [7, 11) is 0. The molecule has 0 aliphatic carbocycles. The van der Waals surface area contributed by atoms with Crippen LogP contribution in [0.4, 0.5) is 17.2 Å². The molecule has 2 N–H and O–H groups in total. The van der Waals surface area contributed by atoms with Gasteiger partial charge in [0.05, 0.1) is 5.69 Å². The van der Waals surface area contributed by atoms with E-state index in [1.165, 1.54) is 0 Å². The third kappa shape index (κ3) is 4.53. The zero-order valence-electron chi connectivity index (χ0n) is 19.2. The van der Waals surface area contributed by atoms with Crippen LogP contribution < -0.4 is 20.4 Å². The van der Waals surface area contributed by atoms with E-state index in [2.05, 4.69) is 31.4 Å². The molecule has 33 heavy (non-hydrogen) atoms. The molecule has 2 fully saturated rings. The Bertz CT molecular complexity index is 1020. The molecule has 8 nitrogen and oxygen atoms in total. The van der Waals surface area contributed by atoms with Gasteiger partial charge in [0.2, 0.25) is 5.91 Å². The number of amides is 2. The van der Waals surface area contributed by atoms with Gasteiger partial charge in [0.1, 0.15) is 6.04 Å². The fourth-order valence-corrected chi connectivity index (χ4v) is 5.09. The van der Waals surface area contributed by atoms with Crippen LogP contribution >= 0.6 is 0 Å². The Labute approximate surface area is 195 Å². The molecule has 1 aromatic heterocycles. The van der Waals surface area contributed by atoms with Crippen molar-refractivity contribution in [1.29, 1.82) is 0 Å². The van der Waals surface area contributed by atoms with Gasteiger partial charge in [-0.05, 0) is 62.1 Å². The predicted molar refractivity (Wildman–Crippen MR) is 130 cm³/mol. The van der Waals surface area contributed by atoms with Crippen LogP contribution in [-0.4, -0.2) is 67.0 Å². The predicted octanol–water partition coefficient (Wildman–Crippen LogP) is 2.46. The van der Waals surface area contributed by atoms with Crippen molar-refractivity contribution in [3.8, 4) is 0 Å². The highest BCUT2D eigenvalue weighted by atomic mass is 16.2. The van der Waals surface area contributed by atoms with Crippen molar-refractivity contribution in [2.24, 2.45) is 0 Å². The number of hydrogen-bond acceptors (Lipinski definition) is 6. The number of anilines is 3. The van der Waals surface area contributed by atoms with Gasteiger partial charge < -0.3 is 20.4 Å². The topological polar surface area (TPSA) is 80.8 Å². The van der Waals surface area contributed by atoms with Gasteiger partial charge in [-0.3, -0.25) is 14.5 Å². The van der Waals surface area contributed by atoms with Crippen molar-refractivity contribution in [2.75, 3.05) is 54.4 Å². The number of nitrogens with zero attached hydrogens (tertiary/aromatic N) is 4. The second-order valence-corrected chi connectivity index (χ2v) is 9.08. The van der Waals surface area contributed by atoms with E-state index < -0.39 is 0 Å². The minimum Gasteiger partial charge on any atom is -0.369 e. The molecule has 2 saturated heterocycles. The fourth-order valence-electron chi connectivity index (χ4n) is 5.09. The van der Waals surface area contributed by atoms with E-state index in [9.17, 15) is 9.59 Å². The Morgan fingerprint density at radius 1 is 1.12 bits per heavy atom. The molecule has 0 bridgehead atoms. The summed E-state index contributed by atoms with van der Waals surface area (Å²) in [5, 5.41) is 5.92. The first-order valence-corrected chi connectivity index (χ1v) is 12.0. The number of pyridine rings is 1. The summed E-state index contributed by atoms with van der Waals surface area (Å²) in [6.07, 6.45) is 5.10. The maximum absolute atomic E-state index is 12.5. The summed E-state index contributed by atoms with van der Waals surface area (Å²) in [6.45, 7) is 8.06. The summed E-state index contributed by atoms with van der Waals surface area (Å²) < 4.78 is 0. The lowest BCUT2D eigenvalue weighted by Crippen LogP contribution is -2.51. The number of fused-ring (bicyclic) bond motifs is 3. The van der Waals surface area contributed by atoms with Gasteiger partial charge in [-0.25, -0.2) is 4.98 Å². The molecule has 2 amide bonds. The summed E-state index contributed by atoms with van der Waals surface area (Å²) >= 11 is 0. The van der Waals surface area contributed by atoms with Crippen LogP contribution in [0.3, 0.4) is 0 Å². The number of rotatable bonds is 5. The van der Waals surface area contributed by atoms with Gasteiger partial charge in [0.15, 0.2) is 5.82 Å². The first-order valence-electron chi connectivity index (χ1n) is 12.0. The number of carbonyl (C=O) groups is 2. The number of piperidine rings is 1. The van der Waals surface area contributed by atoms with Gasteiger partial charge in [-0.15, -0.1) is 0 Å². The highest BCUT2D eigenvalue weighted by Crippen LogP contribution is 2.34. The molecule has 1 atom stereocenters. The van der Waals surface area contributed by atoms with E-state index >= 15 is 0 Å². The average Bonchev–Trinajstić information content (AvgIpc) is 2.85. The molecule has 4 heterocycles. The van der Waals surface area contributed by atoms with Crippen molar-refractivity contribution in [3.05, 3.63) is 47.7 Å². The summed E-state index contributed by atoms with van der Waals surface area (Å²) in [4.78, 5) is 36.2. The van der Waals surface area contributed by atoms with Crippen LogP contribution in [0.25, 0.3) is 0 Å². The van der Waals surface area contributed by atoms with E-state index in [4.69, 9.17) is 4.98 Å². The Hall–Kier alpha value is -3.13. The van der Waals surface area contributed by atoms with E-state index in [0.29, 0.717) is 12.1 Å². The first kappa shape index (κ1) is 21.7. The maximum atomic E-state index is 12.5. The molecule has 2 aromatic rings. The zero-order chi connectivity index (χ0) is 22.8. The van der Waals surface area contributed by atoms with Gasteiger partial charge in [-0.1, -0.05) is 0 Å². The summed E-state index contributed by atoms with van der Waals surface area (Å²) in [5.41, 5.74) is 3.82. The number of aromatic nitrogens is 1. The normalized spacial score (nSPS) is 20.6. The van der Waals surface area contributed by atoms with Crippen LogP contribution in [0.5, 0.6) is 0 Å². The van der Waals surface area contributed by atoms with Crippen molar-refractivity contribution in [1.82, 2.24) is 15.2 Å². The molecule has 0 radical (unpaired) electrons. The van der Waals surface area contributed by atoms with Crippen LogP contribution in [0.1, 0.15) is 42.1 Å². The lowest BCUT2D eigenvalue weighted by atomic mass is 9.99. The average molecular weight is 449 g/mol. The molecular formula is C25H32N6O2. The van der Waals surface area contributed by atoms with Crippen LogP contribution in [-0.2, 0) is 11.3 Å². The molecule has 3 aliphatic heterocycles. The number of nitrogens with one attached hydrogen (secondary N) is 2. The van der Waals surface area contributed by atoms with Crippen LogP contribution in [0.15, 0.2) is 36.5 Å². The molecule has 0 spiro atoms. The third-order valence-corrected chi connectivity index (χ3v) is 6.87. The number of carbonyl (C=O) groups excluding carboxylic acids is 2. The molecule has 8 heteroatoms. The van der Waals surface area contributed by atoms with Crippen molar-refractivity contribution >= 4 is 29.0 Å². The third-order valence-electron chi connectivity index (χ3n) is 6.87. The maximum Gasteiger partial charge on any atom is 0.251 e. The van der Waals surface area contributed by atoms with Gasteiger partial charge >= 0.3 is 0 Å². The highest BCUT2D eigenvalue weighted by molar-refractivity contribution is 6.03. The van der Waals surface area contributed by atoms with Gasteiger partial charge in [-0.2, -0.15) is 0 Å². The lowest BCUT2D eigenvalue weighted by Gasteiger charge is -2.40. The summed E-state index contributed by atoms with van der Waals surface area (Å²) in [5.74, 6) is 0.997. The smallest absolute Gasteiger partial charge is 0.251 e. The molecule has 5 rings (SSSR count). The fraction of sp³-hybridized carbons (Fsp3) is 0.480. The van der Waals surface area contributed by atoms with E-state index in [1.807, 2.05) is 37.4 Å². The Kier molecular flexibility index (Phi) is 6.17. The molecule has 3 aliphatic rings. The Balaban J connectivity index is 1.18. The Morgan fingerprint density at radius 2 is 1.91 bits per heavy atom. The van der Waals surface area contributed by atoms with Gasteiger partial charge in [0.25, 0.3) is 5.91 Å². The molecule has 0 saturated carbocycles. The second kappa shape index (κ2) is 9.39. The van der Waals surface area contributed by atoms with Crippen molar-refractivity contribution < 1.29 is 9.59 Å². The standard InChI is InChI=1S/C25H32N6O2/c1-2-26-24(32)19-6-8-20(9-7-19)30-13-11-29(12-14-30)17-18-15-21-23(27-16-18)31-10-4-3-5-22(31)25(33)28-21/h6-9,15-16,22H,2-5,10-14,17H2,1H3,(H,26,32)(H,28,33)/t22-/m0/s1. The first-order chi connectivity index (χ1) is 16.1. The largest absolute Gasteiger partial charge is 0.369 e. The van der Waals surface area contributed by atoms with E-state index in [0.717, 1.165) is 81.3 Å². The molecule has 174 valence electrons. The minimum atomic E-state index is -0.0622. The van der Waals surface area contributed by atoms with Crippen molar-refractivity contribution in [3.63, 3.8) is 0 Å². The minimum absolute atomic E-state index is 0.0282. The van der Waals surface area contributed by atoms with Crippen molar-refractivity contribution in [2.45, 2.75) is 38.8 Å². The number of piperazine rings is 1. The highest BCUT2D eigenvalue weighted by Gasteiger charge is 2.35. The number of benzene rings is 1. The van der Waals surface area contributed by atoms with Crippen LogP contribution in [0, 0.1) is 0 Å². The van der Waals surface area contributed by atoms with Gasteiger partial charge in [0, 0.05) is 63.3 Å². The zero-order valence-corrected chi connectivity index (χ0v) is 19.2. The van der Waals surface area contributed by atoms with E-state index in [-0.39, 0.29) is 17.9 Å². The molecule has 1 aromatic carbocycles. The molecular weight excluding hydrogens is 416 g/mol. The number of hydrogen-bond donors (Lipinski definition) is 2.